The van der Waals surface area contributed by atoms with Crippen LogP contribution in [0, 0.1) is 23.4 Å². The molecule has 0 heterocycles. The first-order valence-electron chi connectivity index (χ1n) is 12.3. The van der Waals surface area contributed by atoms with Gasteiger partial charge >= 0.3 is 0 Å². The highest BCUT2D eigenvalue weighted by atomic mass is 19.2. The van der Waals surface area contributed by atoms with Gasteiger partial charge in [0.1, 0.15) is 0 Å². The monoisotopic (exact) mass is 476 g/mol. The molecule has 0 aromatic heterocycles. The van der Waals surface area contributed by atoms with E-state index in [0.717, 1.165) is 42.4 Å². The van der Waals surface area contributed by atoms with E-state index in [1.807, 2.05) is 44.2 Å². The van der Waals surface area contributed by atoms with Crippen LogP contribution in [0.15, 0.2) is 66.7 Å². The first-order chi connectivity index (χ1) is 17.0. The molecule has 0 N–H and O–H groups in total. The van der Waals surface area contributed by atoms with Gasteiger partial charge in [-0.05, 0) is 85.8 Å². The molecule has 35 heavy (non-hydrogen) atoms. The number of hydrogen-bond acceptors (Lipinski definition) is 1. The van der Waals surface area contributed by atoms with Crippen LogP contribution in [0.1, 0.15) is 62.1 Å². The summed E-state index contributed by atoms with van der Waals surface area (Å²) < 4.78 is 49.2. The standard InChI is InChI=1S/C31H31F3O/c1-3-5-21-8-13-24(14-9-21)27-18-16-25(30(33)31(27)34)15-10-22-6-11-23(12-7-22)26-17-19-29(35-4-2)28(32)20-26/h3,5-7,10-12,15-21,24H,4,8-9,13-14H2,1-2H3/b5-3+,15-10+. The number of allylic oxidation sites excluding steroid dienone is 2. The van der Waals surface area contributed by atoms with Gasteiger partial charge in [-0.25, -0.2) is 13.2 Å². The van der Waals surface area contributed by atoms with Crippen molar-refractivity contribution in [3.8, 4) is 16.9 Å². The lowest BCUT2D eigenvalue weighted by Gasteiger charge is -2.27. The molecule has 1 saturated carbocycles. The lowest BCUT2D eigenvalue weighted by molar-refractivity contribution is 0.321. The fraction of sp³-hybridized carbons (Fsp3) is 0.290. The maximum absolute atomic E-state index is 14.9. The van der Waals surface area contributed by atoms with Gasteiger partial charge in [0.25, 0.3) is 0 Å². The van der Waals surface area contributed by atoms with Gasteiger partial charge in [-0.1, -0.05) is 66.8 Å². The third-order valence-corrected chi connectivity index (χ3v) is 6.75. The molecule has 1 nitrogen and oxygen atoms in total. The molecule has 1 aliphatic rings. The minimum Gasteiger partial charge on any atom is -0.491 e. The van der Waals surface area contributed by atoms with Gasteiger partial charge in [-0.3, -0.25) is 0 Å². The Labute approximate surface area is 206 Å². The summed E-state index contributed by atoms with van der Waals surface area (Å²) in [6, 6.07) is 15.8. The Kier molecular flexibility index (Phi) is 8.12. The normalized spacial score (nSPS) is 18.4. The smallest absolute Gasteiger partial charge is 0.166 e. The molecule has 0 atom stereocenters. The first-order valence-corrected chi connectivity index (χ1v) is 12.3. The molecular weight excluding hydrogens is 445 g/mol. The van der Waals surface area contributed by atoms with Crippen LogP contribution >= 0.6 is 0 Å². The minimum atomic E-state index is -0.796. The van der Waals surface area contributed by atoms with Crippen molar-refractivity contribution in [3.05, 3.63) is 101 Å². The van der Waals surface area contributed by atoms with Crippen molar-refractivity contribution in [2.75, 3.05) is 6.61 Å². The quantitative estimate of drug-likeness (QED) is 0.244. The average molecular weight is 477 g/mol. The molecule has 0 saturated heterocycles. The fourth-order valence-corrected chi connectivity index (χ4v) is 4.84. The molecule has 3 aromatic carbocycles. The van der Waals surface area contributed by atoms with Crippen molar-refractivity contribution in [1.82, 2.24) is 0 Å². The predicted octanol–water partition coefficient (Wildman–Crippen LogP) is 9.19. The number of hydrogen-bond donors (Lipinski definition) is 0. The minimum absolute atomic E-state index is 0.0732. The molecule has 0 amide bonds. The molecule has 182 valence electrons. The highest BCUT2D eigenvalue weighted by molar-refractivity contribution is 5.72. The molecule has 1 fully saturated rings. The van der Waals surface area contributed by atoms with Crippen molar-refractivity contribution < 1.29 is 17.9 Å². The third kappa shape index (κ3) is 5.87. The van der Waals surface area contributed by atoms with E-state index < -0.39 is 17.5 Å². The van der Waals surface area contributed by atoms with Crippen LogP contribution in [0.5, 0.6) is 5.75 Å². The van der Waals surface area contributed by atoms with Gasteiger partial charge in [0.2, 0.25) is 0 Å². The van der Waals surface area contributed by atoms with Gasteiger partial charge in [-0.2, -0.15) is 0 Å². The van der Waals surface area contributed by atoms with E-state index in [2.05, 4.69) is 12.2 Å². The Bertz CT molecular complexity index is 1200. The van der Waals surface area contributed by atoms with Crippen LogP contribution in [0.3, 0.4) is 0 Å². The van der Waals surface area contributed by atoms with Crippen molar-refractivity contribution >= 4 is 12.2 Å². The summed E-state index contributed by atoms with van der Waals surface area (Å²) in [5, 5.41) is 0. The van der Waals surface area contributed by atoms with Crippen LogP contribution in [-0.2, 0) is 0 Å². The van der Waals surface area contributed by atoms with Crippen LogP contribution in [-0.4, -0.2) is 6.61 Å². The Balaban J connectivity index is 1.45. The van der Waals surface area contributed by atoms with Crippen LogP contribution < -0.4 is 4.74 Å². The molecular formula is C31H31F3O. The maximum Gasteiger partial charge on any atom is 0.166 e. The predicted molar refractivity (Wildman–Crippen MR) is 138 cm³/mol. The van der Waals surface area contributed by atoms with E-state index in [-0.39, 0.29) is 17.2 Å². The van der Waals surface area contributed by atoms with Crippen molar-refractivity contribution in [1.29, 1.82) is 0 Å². The van der Waals surface area contributed by atoms with E-state index in [1.54, 1.807) is 30.4 Å². The molecule has 0 bridgehead atoms. The molecule has 0 radical (unpaired) electrons. The summed E-state index contributed by atoms with van der Waals surface area (Å²) in [5.74, 6) is -1.07. The summed E-state index contributed by atoms with van der Waals surface area (Å²) in [7, 11) is 0. The van der Waals surface area contributed by atoms with Crippen molar-refractivity contribution in [2.45, 2.75) is 45.4 Å². The Hall–Kier alpha value is -3.27. The Morgan fingerprint density at radius 2 is 1.54 bits per heavy atom. The lowest BCUT2D eigenvalue weighted by atomic mass is 9.78. The Morgan fingerprint density at radius 3 is 2.20 bits per heavy atom. The number of ether oxygens (including phenoxy) is 1. The maximum atomic E-state index is 14.9. The number of halogens is 3. The van der Waals surface area contributed by atoms with E-state index in [4.69, 9.17) is 4.74 Å². The Morgan fingerprint density at radius 1 is 0.829 bits per heavy atom. The summed E-state index contributed by atoms with van der Waals surface area (Å²) >= 11 is 0. The molecule has 0 spiro atoms. The van der Waals surface area contributed by atoms with E-state index in [9.17, 15) is 13.2 Å². The second-order valence-electron chi connectivity index (χ2n) is 9.04. The largest absolute Gasteiger partial charge is 0.491 e. The van der Waals surface area contributed by atoms with Gasteiger partial charge in [0.15, 0.2) is 23.2 Å². The van der Waals surface area contributed by atoms with Crippen LogP contribution in [0.4, 0.5) is 13.2 Å². The zero-order valence-electron chi connectivity index (χ0n) is 20.2. The van der Waals surface area contributed by atoms with Crippen molar-refractivity contribution in [3.63, 3.8) is 0 Å². The van der Waals surface area contributed by atoms with Gasteiger partial charge < -0.3 is 4.74 Å². The summed E-state index contributed by atoms with van der Waals surface area (Å²) in [6.07, 6.45) is 11.4. The number of benzene rings is 3. The van der Waals surface area contributed by atoms with Crippen molar-refractivity contribution in [2.24, 2.45) is 5.92 Å². The second kappa shape index (κ2) is 11.4. The zero-order chi connectivity index (χ0) is 24.8. The molecule has 3 aromatic rings. The summed E-state index contributed by atoms with van der Waals surface area (Å²) in [4.78, 5) is 0. The highest BCUT2D eigenvalue weighted by Gasteiger charge is 2.25. The van der Waals surface area contributed by atoms with Gasteiger partial charge in [0, 0.05) is 5.56 Å². The highest BCUT2D eigenvalue weighted by Crippen LogP contribution is 2.38. The topological polar surface area (TPSA) is 9.23 Å². The zero-order valence-corrected chi connectivity index (χ0v) is 20.2. The fourth-order valence-electron chi connectivity index (χ4n) is 4.84. The van der Waals surface area contributed by atoms with Crippen LogP contribution in [0.25, 0.3) is 23.3 Å². The third-order valence-electron chi connectivity index (χ3n) is 6.75. The molecule has 4 rings (SSSR count). The molecule has 1 aliphatic carbocycles. The summed E-state index contributed by atoms with van der Waals surface area (Å²) in [6.45, 7) is 4.23. The average Bonchev–Trinajstić information content (AvgIpc) is 2.87. The van der Waals surface area contributed by atoms with Gasteiger partial charge in [-0.15, -0.1) is 0 Å². The second-order valence-corrected chi connectivity index (χ2v) is 9.04. The van der Waals surface area contributed by atoms with Gasteiger partial charge in [0.05, 0.1) is 6.61 Å². The van der Waals surface area contributed by atoms with Crippen LogP contribution in [0.2, 0.25) is 0 Å². The molecule has 4 heteroatoms. The number of rotatable bonds is 7. The summed E-state index contributed by atoms with van der Waals surface area (Å²) in [5.41, 5.74) is 3.16. The SMILES string of the molecule is C/C=C/C1CCC(c2ccc(/C=C/c3ccc(-c4ccc(OCC)c(F)c4)cc3)c(F)c2F)CC1. The first kappa shape index (κ1) is 24.8. The molecule has 0 unspecified atom stereocenters. The molecule has 0 aliphatic heterocycles. The lowest BCUT2D eigenvalue weighted by Crippen LogP contribution is -2.13. The van der Waals surface area contributed by atoms with E-state index in [0.29, 0.717) is 18.1 Å². The van der Waals surface area contributed by atoms with E-state index in [1.165, 1.54) is 6.07 Å². The van der Waals surface area contributed by atoms with E-state index >= 15 is 0 Å².